The Kier molecular flexibility index (Phi) is 6.58. The van der Waals surface area contributed by atoms with Crippen molar-refractivity contribution in [3.8, 4) is 11.5 Å². The number of hydrogen-bond donors (Lipinski definition) is 1. The molecule has 0 radical (unpaired) electrons. The van der Waals surface area contributed by atoms with Crippen LogP contribution in [0.5, 0.6) is 11.5 Å². The maximum atomic E-state index is 5.75. The maximum absolute atomic E-state index is 5.75. The van der Waals surface area contributed by atoms with Crippen LogP contribution in [0, 0.1) is 6.92 Å². The molecule has 0 fully saturated rings. The Morgan fingerprint density at radius 1 is 0.864 bits per heavy atom. The smallest absolute Gasteiger partial charge is 0.122 e. The summed E-state index contributed by atoms with van der Waals surface area (Å²) in [5.74, 6) is 1.78. The van der Waals surface area contributed by atoms with Crippen molar-refractivity contribution in [2.45, 2.75) is 6.92 Å². The van der Waals surface area contributed by atoms with Gasteiger partial charge in [0.15, 0.2) is 0 Å². The summed E-state index contributed by atoms with van der Waals surface area (Å²) in [6, 6.07) is 15.9. The molecule has 0 saturated carbocycles. The number of para-hydroxylation sites is 1. The Balaban J connectivity index is 1.70. The van der Waals surface area contributed by atoms with Crippen LogP contribution in [0.3, 0.4) is 0 Å². The van der Waals surface area contributed by atoms with Crippen LogP contribution in [-0.2, 0) is 4.74 Å². The molecule has 0 aromatic heterocycles. The summed E-state index contributed by atoms with van der Waals surface area (Å²) in [4.78, 5) is 0. The van der Waals surface area contributed by atoms with Gasteiger partial charge in [-0.15, -0.1) is 0 Å². The molecule has 2 aromatic rings. The van der Waals surface area contributed by atoms with E-state index in [1.165, 1.54) is 0 Å². The van der Waals surface area contributed by atoms with Crippen LogP contribution >= 0.6 is 0 Å². The number of benzene rings is 2. The second-order valence-electron chi connectivity index (χ2n) is 4.91. The van der Waals surface area contributed by atoms with Crippen LogP contribution < -0.4 is 14.8 Å². The maximum Gasteiger partial charge on any atom is 0.122 e. The van der Waals surface area contributed by atoms with Gasteiger partial charge in [0, 0.05) is 19.3 Å². The standard InChI is InChI=1S/C18H23NO3/c1-15-5-3-4-6-18(15)22-12-11-19-16-7-9-17(10-8-16)21-14-13-20-2/h3-10,19H,11-14H2,1-2H3. The number of methoxy groups -OCH3 is 1. The third-order valence-electron chi connectivity index (χ3n) is 3.19. The predicted octanol–water partition coefficient (Wildman–Crippen LogP) is 3.51. The molecule has 0 amide bonds. The molecule has 0 heterocycles. The zero-order valence-electron chi connectivity index (χ0n) is 13.2. The van der Waals surface area contributed by atoms with Gasteiger partial charge in [0.25, 0.3) is 0 Å². The van der Waals surface area contributed by atoms with Crippen LogP contribution in [0.4, 0.5) is 5.69 Å². The molecule has 2 aromatic carbocycles. The number of aryl methyl sites for hydroxylation is 1. The highest BCUT2D eigenvalue weighted by Gasteiger charge is 1.98. The van der Waals surface area contributed by atoms with Gasteiger partial charge in [-0.2, -0.15) is 0 Å². The van der Waals surface area contributed by atoms with Crippen molar-refractivity contribution in [1.82, 2.24) is 0 Å². The zero-order valence-corrected chi connectivity index (χ0v) is 13.2. The van der Waals surface area contributed by atoms with Crippen molar-refractivity contribution in [1.29, 1.82) is 0 Å². The van der Waals surface area contributed by atoms with E-state index >= 15 is 0 Å². The molecule has 4 nitrogen and oxygen atoms in total. The highest BCUT2D eigenvalue weighted by Crippen LogP contribution is 2.17. The molecule has 0 aliphatic heterocycles. The lowest BCUT2D eigenvalue weighted by molar-refractivity contribution is 0.146. The van der Waals surface area contributed by atoms with Crippen LogP contribution in [0.2, 0.25) is 0 Å². The third kappa shape index (κ3) is 5.30. The van der Waals surface area contributed by atoms with Gasteiger partial charge in [-0.05, 0) is 42.8 Å². The molecule has 1 N–H and O–H groups in total. The lowest BCUT2D eigenvalue weighted by atomic mass is 10.2. The molecular weight excluding hydrogens is 278 g/mol. The molecule has 118 valence electrons. The van der Waals surface area contributed by atoms with Gasteiger partial charge in [0.05, 0.1) is 6.61 Å². The first-order valence-corrected chi connectivity index (χ1v) is 7.43. The molecule has 2 rings (SSSR count). The quantitative estimate of drug-likeness (QED) is 0.720. The molecule has 0 spiro atoms. The van der Waals surface area contributed by atoms with E-state index in [0.29, 0.717) is 19.8 Å². The lowest BCUT2D eigenvalue weighted by Crippen LogP contribution is -2.11. The minimum absolute atomic E-state index is 0.563. The average Bonchev–Trinajstić information content (AvgIpc) is 2.55. The van der Waals surface area contributed by atoms with E-state index in [1.54, 1.807) is 7.11 Å². The normalized spacial score (nSPS) is 10.3. The first-order chi connectivity index (χ1) is 10.8. The van der Waals surface area contributed by atoms with E-state index in [4.69, 9.17) is 14.2 Å². The van der Waals surface area contributed by atoms with Gasteiger partial charge >= 0.3 is 0 Å². The molecule has 0 unspecified atom stereocenters. The van der Waals surface area contributed by atoms with Gasteiger partial charge in [-0.25, -0.2) is 0 Å². The fraction of sp³-hybridized carbons (Fsp3) is 0.333. The van der Waals surface area contributed by atoms with Crippen LogP contribution in [0.25, 0.3) is 0 Å². The summed E-state index contributed by atoms with van der Waals surface area (Å²) in [5.41, 5.74) is 2.20. The summed E-state index contributed by atoms with van der Waals surface area (Å²) in [5, 5.41) is 3.32. The molecular formula is C18H23NO3. The number of hydrogen-bond acceptors (Lipinski definition) is 4. The molecule has 4 heteroatoms. The van der Waals surface area contributed by atoms with E-state index in [0.717, 1.165) is 29.3 Å². The van der Waals surface area contributed by atoms with E-state index in [1.807, 2.05) is 55.5 Å². The molecule has 0 aliphatic rings. The van der Waals surface area contributed by atoms with Crippen molar-refractivity contribution in [2.24, 2.45) is 0 Å². The first kappa shape index (κ1) is 16.2. The summed E-state index contributed by atoms with van der Waals surface area (Å²) in [7, 11) is 1.66. The van der Waals surface area contributed by atoms with Crippen molar-refractivity contribution in [3.05, 3.63) is 54.1 Å². The fourth-order valence-corrected chi connectivity index (χ4v) is 1.99. The summed E-state index contributed by atoms with van der Waals surface area (Å²) >= 11 is 0. The average molecular weight is 301 g/mol. The lowest BCUT2D eigenvalue weighted by Gasteiger charge is -2.11. The zero-order chi connectivity index (χ0) is 15.6. The van der Waals surface area contributed by atoms with Crippen molar-refractivity contribution in [3.63, 3.8) is 0 Å². The second-order valence-corrected chi connectivity index (χ2v) is 4.91. The monoisotopic (exact) mass is 301 g/mol. The van der Waals surface area contributed by atoms with Gasteiger partial charge in [-0.1, -0.05) is 18.2 Å². The van der Waals surface area contributed by atoms with Gasteiger partial charge in [-0.3, -0.25) is 0 Å². The Hall–Kier alpha value is -2.20. The van der Waals surface area contributed by atoms with Crippen LogP contribution in [0.1, 0.15) is 5.56 Å². The summed E-state index contributed by atoms with van der Waals surface area (Å²) in [6.07, 6.45) is 0. The number of ether oxygens (including phenoxy) is 3. The van der Waals surface area contributed by atoms with E-state index < -0.39 is 0 Å². The predicted molar refractivity (Wildman–Crippen MR) is 89.0 cm³/mol. The molecule has 0 atom stereocenters. The van der Waals surface area contributed by atoms with Crippen LogP contribution in [-0.4, -0.2) is 33.5 Å². The van der Waals surface area contributed by atoms with Gasteiger partial charge in [0.2, 0.25) is 0 Å². The molecule has 0 aliphatic carbocycles. The number of rotatable bonds is 9. The minimum Gasteiger partial charge on any atom is -0.491 e. The highest BCUT2D eigenvalue weighted by molar-refractivity contribution is 5.46. The third-order valence-corrected chi connectivity index (χ3v) is 3.19. The SMILES string of the molecule is COCCOc1ccc(NCCOc2ccccc2C)cc1. The van der Waals surface area contributed by atoms with Crippen molar-refractivity contribution >= 4 is 5.69 Å². The topological polar surface area (TPSA) is 39.7 Å². The second kappa shape index (κ2) is 8.95. The highest BCUT2D eigenvalue weighted by atomic mass is 16.5. The first-order valence-electron chi connectivity index (χ1n) is 7.43. The summed E-state index contributed by atoms with van der Waals surface area (Å²) in [6.45, 7) is 4.57. The Bertz CT molecular complexity index is 555. The van der Waals surface area contributed by atoms with E-state index in [2.05, 4.69) is 5.32 Å². The van der Waals surface area contributed by atoms with E-state index in [-0.39, 0.29) is 0 Å². The van der Waals surface area contributed by atoms with E-state index in [9.17, 15) is 0 Å². The largest absolute Gasteiger partial charge is 0.491 e. The van der Waals surface area contributed by atoms with Crippen LogP contribution in [0.15, 0.2) is 48.5 Å². The minimum atomic E-state index is 0.563. The molecule has 22 heavy (non-hydrogen) atoms. The van der Waals surface area contributed by atoms with Gasteiger partial charge < -0.3 is 19.5 Å². The number of nitrogens with one attached hydrogen (secondary N) is 1. The summed E-state index contributed by atoms with van der Waals surface area (Å²) < 4.78 is 16.2. The fourth-order valence-electron chi connectivity index (χ4n) is 1.99. The Morgan fingerprint density at radius 2 is 1.64 bits per heavy atom. The van der Waals surface area contributed by atoms with Crippen molar-refractivity contribution < 1.29 is 14.2 Å². The van der Waals surface area contributed by atoms with Gasteiger partial charge in [0.1, 0.15) is 24.7 Å². The molecule has 0 saturated heterocycles. The number of anilines is 1. The molecule has 0 bridgehead atoms. The Labute approximate surface area is 132 Å². The Morgan fingerprint density at radius 3 is 2.36 bits per heavy atom. The van der Waals surface area contributed by atoms with Crippen molar-refractivity contribution in [2.75, 3.05) is 38.8 Å².